The molecule has 1 unspecified atom stereocenters. The summed E-state index contributed by atoms with van der Waals surface area (Å²) >= 11 is 0. The van der Waals surface area contributed by atoms with E-state index in [0.717, 1.165) is 44.2 Å². The van der Waals surface area contributed by atoms with Crippen molar-refractivity contribution in [1.29, 1.82) is 0 Å². The number of nitrogens with zero attached hydrogens (tertiary/aromatic N) is 2. The highest BCUT2D eigenvalue weighted by Gasteiger charge is 2.16. The second-order valence-corrected chi connectivity index (χ2v) is 5.75. The highest BCUT2D eigenvalue weighted by Crippen LogP contribution is 2.17. The van der Waals surface area contributed by atoms with Gasteiger partial charge in [-0.15, -0.1) is 0 Å². The number of nitrogens with one attached hydrogen (secondary N) is 1. The Balaban J connectivity index is 2.65. The van der Waals surface area contributed by atoms with Crippen molar-refractivity contribution in [3.8, 4) is 0 Å². The van der Waals surface area contributed by atoms with Crippen molar-refractivity contribution in [1.82, 2.24) is 15.1 Å². The Morgan fingerprint density at radius 1 is 1.30 bits per heavy atom. The van der Waals surface area contributed by atoms with Gasteiger partial charge in [-0.05, 0) is 47.1 Å². The molecule has 0 saturated carbocycles. The summed E-state index contributed by atoms with van der Waals surface area (Å²) in [5, 5.41) is 3.35. The Labute approximate surface area is 124 Å². The zero-order chi connectivity index (χ0) is 15.1. The molecule has 1 atom stereocenters. The molecule has 0 saturated heterocycles. The average Bonchev–Trinajstić information content (AvgIpc) is 2.72. The highest BCUT2D eigenvalue weighted by molar-refractivity contribution is 5.20. The van der Waals surface area contributed by atoms with E-state index in [9.17, 15) is 0 Å². The van der Waals surface area contributed by atoms with E-state index in [0.29, 0.717) is 6.04 Å². The molecule has 1 rings (SSSR count). The minimum atomic E-state index is 0.526. The standard InChI is InChI=1S/C16H31N3O/c1-7-17-10-15-9-16(20-14(15)4)12-19(8-2)13(3)11-18(5)6/h9,13,17H,7-8,10-12H2,1-6H3. The van der Waals surface area contributed by atoms with Crippen LogP contribution in [0.25, 0.3) is 0 Å². The molecule has 0 aromatic carbocycles. The molecule has 116 valence electrons. The molecule has 1 heterocycles. The summed E-state index contributed by atoms with van der Waals surface area (Å²) in [6.07, 6.45) is 0. The summed E-state index contributed by atoms with van der Waals surface area (Å²) in [5.41, 5.74) is 1.28. The van der Waals surface area contributed by atoms with E-state index in [2.05, 4.69) is 63.0 Å². The van der Waals surface area contributed by atoms with Crippen LogP contribution in [0.15, 0.2) is 10.5 Å². The fourth-order valence-electron chi connectivity index (χ4n) is 2.52. The van der Waals surface area contributed by atoms with Gasteiger partial charge < -0.3 is 14.6 Å². The maximum atomic E-state index is 5.90. The van der Waals surface area contributed by atoms with Crippen molar-refractivity contribution < 1.29 is 4.42 Å². The number of likely N-dealkylation sites (N-methyl/N-ethyl adjacent to an activating group) is 2. The van der Waals surface area contributed by atoms with Gasteiger partial charge in [0, 0.05) is 24.7 Å². The lowest BCUT2D eigenvalue weighted by Gasteiger charge is -2.29. The molecule has 0 aliphatic heterocycles. The zero-order valence-corrected chi connectivity index (χ0v) is 14.0. The molecule has 0 amide bonds. The van der Waals surface area contributed by atoms with Crippen LogP contribution < -0.4 is 5.32 Å². The molecule has 1 N–H and O–H groups in total. The zero-order valence-electron chi connectivity index (χ0n) is 14.0. The summed E-state index contributed by atoms with van der Waals surface area (Å²) in [4.78, 5) is 4.69. The first-order chi connectivity index (χ1) is 9.47. The van der Waals surface area contributed by atoms with E-state index in [1.54, 1.807) is 0 Å². The van der Waals surface area contributed by atoms with Crippen LogP contribution in [0, 0.1) is 6.92 Å². The molecule has 1 aromatic heterocycles. The summed E-state index contributed by atoms with van der Waals surface area (Å²) in [7, 11) is 4.24. The number of furan rings is 1. The van der Waals surface area contributed by atoms with Gasteiger partial charge in [0.05, 0.1) is 6.54 Å². The molecule has 0 spiro atoms. The Kier molecular flexibility index (Phi) is 7.27. The van der Waals surface area contributed by atoms with Crippen LogP contribution in [0.2, 0.25) is 0 Å². The quantitative estimate of drug-likeness (QED) is 0.753. The lowest BCUT2D eigenvalue weighted by Crippen LogP contribution is -2.39. The maximum Gasteiger partial charge on any atom is 0.118 e. The van der Waals surface area contributed by atoms with Crippen molar-refractivity contribution in [2.75, 3.05) is 33.7 Å². The molecule has 20 heavy (non-hydrogen) atoms. The van der Waals surface area contributed by atoms with E-state index in [1.807, 2.05) is 0 Å². The van der Waals surface area contributed by atoms with Crippen molar-refractivity contribution >= 4 is 0 Å². The van der Waals surface area contributed by atoms with E-state index < -0.39 is 0 Å². The Bertz CT molecular complexity index is 387. The molecule has 0 bridgehead atoms. The molecule has 0 fully saturated rings. The molecule has 0 radical (unpaired) electrons. The van der Waals surface area contributed by atoms with Crippen molar-refractivity contribution in [2.24, 2.45) is 0 Å². The summed E-state index contributed by atoms with van der Waals surface area (Å²) in [5.74, 6) is 2.11. The topological polar surface area (TPSA) is 31.6 Å². The van der Waals surface area contributed by atoms with E-state index in [-0.39, 0.29) is 0 Å². The van der Waals surface area contributed by atoms with E-state index in [4.69, 9.17) is 4.42 Å². The third-order valence-electron chi connectivity index (χ3n) is 3.65. The van der Waals surface area contributed by atoms with E-state index >= 15 is 0 Å². The summed E-state index contributed by atoms with van der Waals surface area (Å²) in [6.45, 7) is 13.5. The second-order valence-electron chi connectivity index (χ2n) is 5.75. The monoisotopic (exact) mass is 281 g/mol. The first-order valence-corrected chi connectivity index (χ1v) is 7.65. The van der Waals surface area contributed by atoms with Crippen LogP contribution in [0.5, 0.6) is 0 Å². The van der Waals surface area contributed by atoms with Crippen LogP contribution in [0.4, 0.5) is 0 Å². The third kappa shape index (κ3) is 5.27. The fourth-order valence-corrected chi connectivity index (χ4v) is 2.52. The smallest absolute Gasteiger partial charge is 0.118 e. The first kappa shape index (κ1) is 17.2. The average molecular weight is 281 g/mol. The summed E-state index contributed by atoms with van der Waals surface area (Å²) in [6, 6.07) is 2.72. The lowest BCUT2D eigenvalue weighted by molar-refractivity contribution is 0.162. The molecule has 1 aromatic rings. The first-order valence-electron chi connectivity index (χ1n) is 7.65. The van der Waals surface area contributed by atoms with Crippen LogP contribution in [-0.2, 0) is 13.1 Å². The third-order valence-corrected chi connectivity index (χ3v) is 3.65. The van der Waals surface area contributed by atoms with Crippen molar-refractivity contribution in [3.63, 3.8) is 0 Å². The largest absolute Gasteiger partial charge is 0.465 e. The van der Waals surface area contributed by atoms with Crippen molar-refractivity contribution in [2.45, 2.75) is 46.8 Å². The van der Waals surface area contributed by atoms with Gasteiger partial charge in [0.15, 0.2) is 0 Å². The van der Waals surface area contributed by atoms with Crippen LogP contribution in [0.1, 0.15) is 37.9 Å². The number of rotatable bonds is 9. The predicted molar refractivity (Wildman–Crippen MR) is 84.9 cm³/mol. The molecule has 4 nitrogen and oxygen atoms in total. The van der Waals surface area contributed by atoms with Crippen LogP contribution in [-0.4, -0.2) is 49.6 Å². The minimum absolute atomic E-state index is 0.526. The maximum absolute atomic E-state index is 5.90. The van der Waals surface area contributed by atoms with Crippen LogP contribution in [0.3, 0.4) is 0 Å². The van der Waals surface area contributed by atoms with Crippen molar-refractivity contribution in [3.05, 3.63) is 23.2 Å². The van der Waals surface area contributed by atoms with Gasteiger partial charge in [0.25, 0.3) is 0 Å². The Hall–Kier alpha value is -0.840. The Morgan fingerprint density at radius 3 is 2.55 bits per heavy atom. The highest BCUT2D eigenvalue weighted by atomic mass is 16.3. The normalized spacial score (nSPS) is 13.4. The number of aryl methyl sites for hydroxylation is 1. The molecular weight excluding hydrogens is 250 g/mol. The molecule has 4 heteroatoms. The Morgan fingerprint density at radius 2 is 2.00 bits per heavy atom. The van der Waals surface area contributed by atoms with Crippen LogP contribution >= 0.6 is 0 Å². The SMILES string of the molecule is CCNCc1cc(CN(CC)C(C)CN(C)C)oc1C. The van der Waals surface area contributed by atoms with Gasteiger partial charge in [-0.2, -0.15) is 0 Å². The van der Waals surface area contributed by atoms with Gasteiger partial charge >= 0.3 is 0 Å². The predicted octanol–water partition coefficient (Wildman–Crippen LogP) is 2.47. The number of hydrogen-bond acceptors (Lipinski definition) is 4. The van der Waals surface area contributed by atoms with Gasteiger partial charge in [0.1, 0.15) is 11.5 Å². The molecule has 0 aliphatic rings. The minimum Gasteiger partial charge on any atom is -0.465 e. The molecular formula is C16H31N3O. The van der Waals surface area contributed by atoms with E-state index in [1.165, 1.54) is 5.56 Å². The lowest BCUT2D eigenvalue weighted by atomic mass is 10.2. The number of hydrogen-bond donors (Lipinski definition) is 1. The molecule has 0 aliphatic carbocycles. The van der Waals surface area contributed by atoms with Gasteiger partial charge in [-0.25, -0.2) is 0 Å². The van der Waals surface area contributed by atoms with Gasteiger partial charge in [-0.1, -0.05) is 13.8 Å². The summed E-state index contributed by atoms with van der Waals surface area (Å²) < 4.78 is 5.90. The van der Waals surface area contributed by atoms with Gasteiger partial charge in [0.2, 0.25) is 0 Å². The second kappa shape index (κ2) is 8.45. The fraction of sp³-hybridized carbons (Fsp3) is 0.750. The van der Waals surface area contributed by atoms with Gasteiger partial charge in [-0.3, -0.25) is 4.90 Å².